The van der Waals surface area contributed by atoms with E-state index in [-0.39, 0.29) is 6.04 Å². The summed E-state index contributed by atoms with van der Waals surface area (Å²) in [6, 6.07) is 5.92. The molecule has 0 saturated carbocycles. The molecular weight excluding hydrogens is 217 g/mol. The van der Waals surface area contributed by atoms with Crippen LogP contribution in [0.5, 0.6) is 0 Å². The second-order valence-electron chi connectivity index (χ2n) is 3.79. The lowest BCUT2D eigenvalue weighted by Gasteiger charge is -2.15. The highest BCUT2D eigenvalue weighted by atomic mass is 35.5. The molecule has 2 unspecified atom stereocenters. The fourth-order valence-corrected chi connectivity index (χ4v) is 1.54. The van der Waals surface area contributed by atoms with E-state index < -0.39 is 0 Å². The monoisotopic (exact) mass is 231 g/mol. The van der Waals surface area contributed by atoms with Gasteiger partial charge in [0.15, 0.2) is 0 Å². The van der Waals surface area contributed by atoms with Gasteiger partial charge in [0.05, 0.1) is 10.0 Å². The number of nitrogens with two attached hydrogens (primary N) is 1. The Hall–Kier alpha value is -0.240. The molecule has 2 N–H and O–H groups in total. The number of hydrogen-bond acceptors (Lipinski definition) is 1. The van der Waals surface area contributed by atoms with Crippen LogP contribution in [-0.4, -0.2) is 6.04 Å². The van der Waals surface area contributed by atoms with Crippen molar-refractivity contribution in [3.63, 3.8) is 0 Å². The first-order valence-electron chi connectivity index (χ1n) is 4.70. The minimum Gasteiger partial charge on any atom is -0.328 e. The van der Waals surface area contributed by atoms with Gasteiger partial charge in [-0.05, 0) is 37.0 Å². The zero-order chi connectivity index (χ0) is 10.7. The van der Waals surface area contributed by atoms with Gasteiger partial charge in [-0.15, -0.1) is 0 Å². The van der Waals surface area contributed by atoms with Crippen molar-refractivity contribution in [3.8, 4) is 0 Å². The molecule has 0 spiro atoms. The van der Waals surface area contributed by atoms with Gasteiger partial charge in [0.1, 0.15) is 0 Å². The standard InChI is InChI=1S/C11H15Cl2N/c1-7(8(2)14)5-9-3-4-10(12)11(13)6-9/h3-4,6-8H,5,14H2,1-2H3. The topological polar surface area (TPSA) is 26.0 Å². The zero-order valence-electron chi connectivity index (χ0n) is 8.43. The van der Waals surface area contributed by atoms with E-state index in [1.807, 2.05) is 25.1 Å². The van der Waals surface area contributed by atoms with Crippen molar-refractivity contribution in [3.05, 3.63) is 33.8 Å². The highest BCUT2D eigenvalue weighted by molar-refractivity contribution is 6.42. The Morgan fingerprint density at radius 3 is 2.36 bits per heavy atom. The van der Waals surface area contributed by atoms with E-state index in [9.17, 15) is 0 Å². The Kier molecular flexibility index (Phi) is 4.24. The second-order valence-corrected chi connectivity index (χ2v) is 4.60. The number of benzene rings is 1. The van der Waals surface area contributed by atoms with Crippen molar-refractivity contribution in [1.82, 2.24) is 0 Å². The molecule has 0 heterocycles. The largest absolute Gasteiger partial charge is 0.328 e. The summed E-state index contributed by atoms with van der Waals surface area (Å²) in [5, 5.41) is 1.21. The number of hydrogen-bond donors (Lipinski definition) is 1. The average Bonchev–Trinajstić information content (AvgIpc) is 2.11. The van der Waals surface area contributed by atoms with E-state index in [1.54, 1.807) is 0 Å². The zero-order valence-corrected chi connectivity index (χ0v) is 9.94. The highest BCUT2D eigenvalue weighted by Crippen LogP contribution is 2.24. The molecule has 1 nitrogen and oxygen atoms in total. The average molecular weight is 232 g/mol. The van der Waals surface area contributed by atoms with Crippen LogP contribution in [0, 0.1) is 5.92 Å². The Bertz CT molecular complexity index is 310. The maximum absolute atomic E-state index is 5.91. The SMILES string of the molecule is CC(N)C(C)Cc1ccc(Cl)c(Cl)c1. The first-order chi connectivity index (χ1) is 6.50. The first-order valence-corrected chi connectivity index (χ1v) is 5.46. The third-order valence-corrected chi connectivity index (χ3v) is 3.18. The van der Waals surface area contributed by atoms with Crippen molar-refractivity contribution >= 4 is 23.2 Å². The Morgan fingerprint density at radius 2 is 1.86 bits per heavy atom. The molecule has 3 heteroatoms. The molecule has 78 valence electrons. The molecule has 0 saturated heterocycles. The van der Waals surface area contributed by atoms with E-state index >= 15 is 0 Å². The number of halogens is 2. The summed E-state index contributed by atoms with van der Waals surface area (Å²) in [5.74, 6) is 0.451. The van der Waals surface area contributed by atoms with Crippen LogP contribution in [0.15, 0.2) is 18.2 Å². The lowest BCUT2D eigenvalue weighted by Crippen LogP contribution is -2.25. The lowest BCUT2D eigenvalue weighted by molar-refractivity contribution is 0.482. The molecule has 0 aliphatic rings. The van der Waals surface area contributed by atoms with Gasteiger partial charge in [-0.25, -0.2) is 0 Å². The van der Waals surface area contributed by atoms with Crippen LogP contribution in [0.1, 0.15) is 19.4 Å². The van der Waals surface area contributed by atoms with Crippen LogP contribution in [0.3, 0.4) is 0 Å². The summed E-state index contributed by atoms with van der Waals surface area (Å²) < 4.78 is 0. The van der Waals surface area contributed by atoms with Gasteiger partial charge in [0.25, 0.3) is 0 Å². The normalized spacial score (nSPS) is 15.2. The van der Waals surface area contributed by atoms with Crippen molar-refractivity contribution < 1.29 is 0 Å². The molecule has 0 aromatic heterocycles. The summed E-state index contributed by atoms with van der Waals surface area (Å²) >= 11 is 11.7. The summed E-state index contributed by atoms with van der Waals surface area (Å²) in [6.45, 7) is 4.15. The van der Waals surface area contributed by atoms with Crippen LogP contribution < -0.4 is 5.73 Å². The molecule has 0 fully saturated rings. The molecule has 1 rings (SSSR count). The van der Waals surface area contributed by atoms with Gasteiger partial charge in [-0.3, -0.25) is 0 Å². The van der Waals surface area contributed by atoms with Gasteiger partial charge >= 0.3 is 0 Å². The highest BCUT2D eigenvalue weighted by Gasteiger charge is 2.09. The molecule has 2 atom stereocenters. The molecule has 1 aromatic carbocycles. The summed E-state index contributed by atoms with van der Waals surface area (Å²) in [7, 11) is 0. The molecule has 0 radical (unpaired) electrons. The maximum atomic E-state index is 5.91. The minimum absolute atomic E-state index is 0.199. The molecule has 0 amide bonds. The van der Waals surface area contributed by atoms with Crippen molar-refractivity contribution in [2.75, 3.05) is 0 Å². The van der Waals surface area contributed by atoms with Crippen LogP contribution >= 0.6 is 23.2 Å². The van der Waals surface area contributed by atoms with Gasteiger partial charge in [0.2, 0.25) is 0 Å². The van der Waals surface area contributed by atoms with Gasteiger partial charge in [0, 0.05) is 6.04 Å². The van der Waals surface area contributed by atoms with Gasteiger partial charge < -0.3 is 5.73 Å². The van der Waals surface area contributed by atoms with E-state index in [0.29, 0.717) is 16.0 Å². The molecule has 0 aliphatic heterocycles. The van der Waals surface area contributed by atoms with Crippen LogP contribution in [0.2, 0.25) is 10.0 Å². The predicted octanol–water partition coefficient (Wildman–Crippen LogP) is 3.52. The van der Waals surface area contributed by atoms with Crippen LogP contribution in [0.25, 0.3) is 0 Å². The van der Waals surface area contributed by atoms with E-state index in [4.69, 9.17) is 28.9 Å². The predicted molar refractivity (Wildman–Crippen MR) is 63.0 cm³/mol. The maximum Gasteiger partial charge on any atom is 0.0595 e. The molecule has 0 aliphatic carbocycles. The van der Waals surface area contributed by atoms with Gasteiger partial charge in [-0.1, -0.05) is 36.2 Å². The smallest absolute Gasteiger partial charge is 0.0595 e. The Morgan fingerprint density at radius 1 is 1.21 bits per heavy atom. The van der Waals surface area contributed by atoms with E-state index in [1.165, 1.54) is 5.56 Å². The first kappa shape index (κ1) is 11.8. The third-order valence-electron chi connectivity index (χ3n) is 2.44. The lowest BCUT2D eigenvalue weighted by atomic mass is 9.96. The second kappa shape index (κ2) is 5.01. The van der Waals surface area contributed by atoms with E-state index in [2.05, 4.69) is 6.92 Å². The third kappa shape index (κ3) is 3.16. The van der Waals surface area contributed by atoms with Crippen molar-refractivity contribution in [1.29, 1.82) is 0 Å². The summed E-state index contributed by atoms with van der Waals surface area (Å²) in [6.07, 6.45) is 0.939. The summed E-state index contributed by atoms with van der Waals surface area (Å²) in [5.41, 5.74) is 6.98. The molecule has 0 bridgehead atoms. The van der Waals surface area contributed by atoms with Crippen molar-refractivity contribution in [2.24, 2.45) is 11.7 Å². The van der Waals surface area contributed by atoms with Crippen LogP contribution in [-0.2, 0) is 6.42 Å². The number of rotatable bonds is 3. The van der Waals surface area contributed by atoms with Crippen LogP contribution in [0.4, 0.5) is 0 Å². The molecule has 1 aromatic rings. The van der Waals surface area contributed by atoms with Crippen molar-refractivity contribution in [2.45, 2.75) is 26.3 Å². The fraction of sp³-hybridized carbons (Fsp3) is 0.455. The quantitative estimate of drug-likeness (QED) is 0.847. The molecular formula is C11H15Cl2N. The Labute approximate surface area is 95.2 Å². The van der Waals surface area contributed by atoms with E-state index in [0.717, 1.165) is 6.42 Å². The fourth-order valence-electron chi connectivity index (χ4n) is 1.22. The molecule has 14 heavy (non-hydrogen) atoms. The Balaban J connectivity index is 2.73. The minimum atomic E-state index is 0.199. The summed E-state index contributed by atoms with van der Waals surface area (Å²) in [4.78, 5) is 0. The van der Waals surface area contributed by atoms with Gasteiger partial charge in [-0.2, -0.15) is 0 Å².